The molecular weight excluding hydrogens is 529 g/mol. The van der Waals surface area contributed by atoms with E-state index in [0.717, 1.165) is 37.3 Å². The van der Waals surface area contributed by atoms with Gasteiger partial charge in [0, 0.05) is 30.8 Å². The predicted molar refractivity (Wildman–Crippen MR) is 138 cm³/mol. The molecule has 40 heavy (non-hydrogen) atoms. The van der Waals surface area contributed by atoms with E-state index in [9.17, 15) is 18.0 Å². The minimum atomic E-state index is -4.59. The molecule has 2 fully saturated rings. The fourth-order valence-corrected chi connectivity index (χ4v) is 5.29. The van der Waals surface area contributed by atoms with Gasteiger partial charge in [-0.15, -0.1) is 0 Å². The van der Waals surface area contributed by atoms with E-state index < -0.39 is 29.1 Å². The number of nitrogens with one attached hydrogen (secondary N) is 3. The van der Waals surface area contributed by atoms with Crippen LogP contribution in [-0.4, -0.2) is 66.2 Å². The second kappa shape index (κ2) is 9.66. The van der Waals surface area contributed by atoms with Crippen molar-refractivity contribution in [1.82, 2.24) is 20.5 Å². The van der Waals surface area contributed by atoms with E-state index in [0.29, 0.717) is 18.2 Å². The topological polar surface area (TPSA) is 109 Å². The molecule has 0 spiro atoms. The van der Waals surface area contributed by atoms with Gasteiger partial charge in [-0.2, -0.15) is 13.2 Å². The first-order valence-electron chi connectivity index (χ1n) is 13.0. The third-order valence-corrected chi connectivity index (χ3v) is 7.23. The van der Waals surface area contributed by atoms with Gasteiger partial charge in [-0.25, -0.2) is 4.99 Å². The van der Waals surface area contributed by atoms with Crippen LogP contribution < -0.4 is 20.7 Å². The minimum Gasteiger partial charge on any atom is -0.489 e. The van der Waals surface area contributed by atoms with Crippen LogP contribution >= 0.6 is 0 Å². The van der Waals surface area contributed by atoms with Crippen molar-refractivity contribution in [2.75, 3.05) is 31.6 Å². The van der Waals surface area contributed by atoms with Crippen molar-refractivity contribution in [2.45, 2.75) is 50.0 Å². The summed E-state index contributed by atoms with van der Waals surface area (Å²) in [5.74, 6) is -0.444. The highest BCUT2D eigenvalue weighted by molar-refractivity contribution is 6.01. The van der Waals surface area contributed by atoms with Gasteiger partial charge in [0.05, 0.1) is 42.2 Å². The van der Waals surface area contributed by atoms with Crippen molar-refractivity contribution in [1.29, 1.82) is 0 Å². The summed E-state index contributed by atoms with van der Waals surface area (Å²) in [7, 11) is 0. The number of fused-ring (bicyclic) bond motifs is 3. The molecular formula is C27H29F3N6O4. The molecule has 1 unspecified atom stereocenters. The number of allylic oxidation sites excluding steroid dienone is 1. The monoisotopic (exact) mass is 558 g/mol. The summed E-state index contributed by atoms with van der Waals surface area (Å²) >= 11 is 0. The molecule has 1 aromatic heterocycles. The Balaban J connectivity index is 1.27. The molecule has 212 valence electrons. The number of hydrogen-bond acceptors (Lipinski definition) is 9. The number of alkyl halides is 3. The summed E-state index contributed by atoms with van der Waals surface area (Å²) in [5.41, 5.74) is -1.66. The van der Waals surface area contributed by atoms with E-state index in [4.69, 9.17) is 14.2 Å². The van der Waals surface area contributed by atoms with Gasteiger partial charge >= 0.3 is 6.18 Å². The lowest BCUT2D eigenvalue weighted by Gasteiger charge is -2.40. The molecule has 1 aromatic carbocycles. The SMILES string of the molecule is CC1(C)OC[C@H](COc2cncc(NC(=O)C3(c4cccc(C(F)(F)F)c4)N=CC4=C(N[C@H]5CCN4C5)N3)c2)O1. The van der Waals surface area contributed by atoms with E-state index in [1.807, 2.05) is 13.8 Å². The lowest BCUT2D eigenvalue weighted by atomic mass is 9.95. The molecule has 5 heterocycles. The second-order valence-electron chi connectivity index (χ2n) is 10.6. The van der Waals surface area contributed by atoms with Gasteiger partial charge in [0.1, 0.15) is 24.3 Å². The van der Waals surface area contributed by atoms with Gasteiger partial charge in [0.15, 0.2) is 5.79 Å². The first kappa shape index (κ1) is 26.4. The fourth-order valence-electron chi connectivity index (χ4n) is 5.29. The lowest BCUT2D eigenvalue weighted by molar-refractivity contribution is -0.141. The number of anilines is 1. The van der Waals surface area contributed by atoms with E-state index in [2.05, 4.69) is 30.8 Å². The number of benzene rings is 1. The summed E-state index contributed by atoms with van der Waals surface area (Å²) in [6.45, 7) is 5.84. The zero-order chi connectivity index (χ0) is 28.1. The van der Waals surface area contributed by atoms with Crippen molar-refractivity contribution in [3.8, 4) is 5.75 Å². The van der Waals surface area contributed by atoms with Gasteiger partial charge in [0.25, 0.3) is 5.91 Å². The average Bonchev–Trinajstić information content (AvgIpc) is 3.48. The average molecular weight is 559 g/mol. The smallest absolute Gasteiger partial charge is 0.416 e. The van der Waals surface area contributed by atoms with Gasteiger partial charge in [0.2, 0.25) is 5.66 Å². The van der Waals surface area contributed by atoms with E-state index in [1.54, 1.807) is 12.3 Å². The standard InChI is InChI=1S/C27H29F3N6O4/c1-25(2)39-15-21(40-25)14-38-20-9-19(10-31-11-20)34-24(37)26(16-4-3-5-17(8-16)27(28,29)30)32-12-22-23(35-26)33-18-6-7-36(22)13-18/h3-5,8-12,18,21,33,35H,6-7,13-15H2,1-2H3,(H,34,37)/t18-,21-,26?/m0/s1. The zero-order valence-electron chi connectivity index (χ0n) is 21.9. The Morgan fingerprint density at radius 2 is 2.12 bits per heavy atom. The first-order chi connectivity index (χ1) is 19.0. The number of pyridine rings is 1. The molecule has 1 amide bonds. The number of aromatic nitrogens is 1. The fraction of sp³-hybridized carbons (Fsp3) is 0.444. The Hall–Kier alpha value is -3.84. The number of nitrogens with zero attached hydrogens (tertiary/aromatic N) is 3. The van der Waals surface area contributed by atoms with Crippen LogP contribution in [0.3, 0.4) is 0 Å². The molecule has 2 saturated heterocycles. The molecule has 0 radical (unpaired) electrons. The normalized spacial score (nSPS) is 26.7. The van der Waals surface area contributed by atoms with Gasteiger partial charge < -0.3 is 35.1 Å². The van der Waals surface area contributed by atoms with Crippen LogP contribution in [0, 0.1) is 0 Å². The van der Waals surface area contributed by atoms with Crippen LogP contribution in [0.5, 0.6) is 5.75 Å². The molecule has 6 rings (SSSR count). The minimum absolute atomic E-state index is 0.0405. The Labute approximate surface area is 228 Å². The Morgan fingerprint density at radius 1 is 1.27 bits per heavy atom. The first-order valence-corrected chi connectivity index (χ1v) is 13.0. The zero-order valence-corrected chi connectivity index (χ0v) is 21.9. The summed E-state index contributed by atoms with van der Waals surface area (Å²) < 4.78 is 58.0. The van der Waals surface area contributed by atoms with Crippen molar-refractivity contribution < 1.29 is 32.2 Å². The van der Waals surface area contributed by atoms with E-state index in [1.165, 1.54) is 24.5 Å². The number of carbonyl (C=O) groups excluding carboxylic acids is 1. The van der Waals surface area contributed by atoms with Crippen LogP contribution in [0.15, 0.2) is 59.2 Å². The number of halogens is 3. The molecule has 4 aliphatic heterocycles. The van der Waals surface area contributed by atoms with Crippen LogP contribution in [0.1, 0.15) is 31.4 Å². The quantitative estimate of drug-likeness (QED) is 0.497. The van der Waals surface area contributed by atoms with Crippen molar-refractivity contribution >= 4 is 17.8 Å². The number of aliphatic imine (C=N–C) groups is 1. The summed E-state index contributed by atoms with van der Waals surface area (Å²) in [6, 6.07) is 6.36. The molecule has 3 N–H and O–H groups in total. The van der Waals surface area contributed by atoms with Gasteiger partial charge in [-0.05, 0) is 32.4 Å². The van der Waals surface area contributed by atoms with E-state index >= 15 is 0 Å². The van der Waals surface area contributed by atoms with Crippen LogP contribution in [-0.2, 0) is 26.1 Å². The molecule has 2 bridgehead atoms. The number of rotatable bonds is 6. The van der Waals surface area contributed by atoms with Crippen molar-refractivity contribution in [2.24, 2.45) is 4.99 Å². The maximum Gasteiger partial charge on any atom is 0.416 e. The molecule has 13 heteroatoms. The highest BCUT2D eigenvalue weighted by atomic mass is 19.4. The Morgan fingerprint density at radius 3 is 2.90 bits per heavy atom. The second-order valence-corrected chi connectivity index (χ2v) is 10.6. The number of hydrogen-bond donors (Lipinski definition) is 3. The largest absolute Gasteiger partial charge is 0.489 e. The summed E-state index contributed by atoms with van der Waals surface area (Å²) in [4.78, 5) is 24.7. The van der Waals surface area contributed by atoms with Crippen molar-refractivity contribution in [3.05, 3.63) is 65.4 Å². The number of amides is 1. The van der Waals surface area contributed by atoms with Crippen molar-refractivity contribution in [3.63, 3.8) is 0 Å². The Kier molecular flexibility index (Phi) is 6.37. The van der Waals surface area contributed by atoms with Gasteiger partial charge in [-0.3, -0.25) is 9.78 Å². The summed E-state index contributed by atoms with van der Waals surface area (Å²) in [5, 5.41) is 9.27. The highest BCUT2D eigenvalue weighted by Crippen LogP contribution is 2.36. The third kappa shape index (κ3) is 5.06. The molecule has 0 saturated carbocycles. The molecule has 0 aliphatic carbocycles. The molecule has 3 atom stereocenters. The molecule has 4 aliphatic rings. The molecule has 2 aromatic rings. The predicted octanol–water partition coefficient (Wildman–Crippen LogP) is 2.94. The molecule has 10 nitrogen and oxygen atoms in total. The maximum absolute atomic E-state index is 13.9. The Bertz CT molecular complexity index is 1380. The van der Waals surface area contributed by atoms with Crippen LogP contribution in [0.2, 0.25) is 0 Å². The maximum atomic E-state index is 13.9. The third-order valence-electron chi connectivity index (χ3n) is 7.23. The number of carbonyl (C=O) groups is 1. The van der Waals surface area contributed by atoms with E-state index in [-0.39, 0.29) is 30.0 Å². The lowest BCUT2D eigenvalue weighted by Crippen LogP contribution is -2.57. The van der Waals surface area contributed by atoms with Crippen LogP contribution in [0.4, 0.5) is 18.9 Å². The highest BCUT2D eigenvalue weighted by Gasteiger charge is 2.47. The summed E-state index contributed by atoms with van der Waals surface area (Å²) in [6.07, 6.45) is 0.495. The van der Waals surface area contributed by atoms with Crippen LogP contribution in [0.25, 0.3) is 0 Å². The van der Waals surface area contributed by atoms with Gasteiger partial charge in [-0.1, -0.05) is 12.1 Å². The number of ether oxygens (including phenoxy) is 3.